The number of aromatic hydroxyl groups is 1. The van der Waals surface area contributed by atoms with Crippen molar-refractivity contribution < 1.29 is 18.3 Å². The van der Waals surface area contributed by atoms with Gasteiger partial charge >= 0.3 is 0 Å². The molecule has 0 atom stereocenters. The maximum absolute atomic E-state index is 12.1. The summed E-state index contributed by atoms with van der Waals surface area (Å²) < 4.78 is 33.1. The molecule has 2 rings (SSSR count). The quantitative estimate of drug-likeness (QED) is 0.814. The molecule has 2 N–H and O–H groups in total. The number of phenols is 1. The predicted octanol–water partition coefficient (Wildman–Crippen LogP) is 1.42. The molecule has 20 heavy (non-hydrogen) atoms. The number of sulfonamides is 1. The second-order valence-corrected chi connectivity index (χ2v) is 5.66. The molecule has 8 heteroatoms. The Labute approximate surface area is 116 Å². The van der Waals surface area contributed by atoms with E-state index in [4.69, 9.17) is 4.74 Å². The van der Waals surface area contributed by atoms with Crippen LogP contribution in [0.2, 0.25) is 0 Å². The lowest BCUT2D eigenvalue weighted by Gasteiger charge is -2.09. The van der Waals surface area contributed by atoms with Crippen LogP contribution >= 0.6 is 0 Å². The van der Waals surface area contributed by atoms with Crippen molar-refractivity contribution in [1.29, 1.82) is 0 Å². The summed E-state index contributed by atoms with van der Waals surface area (Å²) in [7, 11) is -2.37. The van der Waals surface area contributed by atoms with Crippen LogP contribution in [0.3, 0.4) is 0 Å². The van der Waals surface area contributed by atoms with E-state index < -0.39 is 10.0 Å². The average molecular weight is 297 g/mol. The number of nitrogens with zero attached hydrogens (tertiary/aromatic N) is 2. The summed E-state index contributed by atoms with van der Waals surface area (Å²) in [6.45, 7) is 2.50. The zero-order chi connectivity index (χ0) is 14.8. The fraction of sp³-hybridized carbons (Fsp3) is 0.250. The van der Waals surface area contributed by atoms with Gasteiger partial charge in [-0.25, -0.2) is 4.98 Å². The molecule has 1 heterocycles. The molecule has 0 spiro atoms. The van der Waals surface area contributed by atoms with E-state index >= 15 is 0 Å². The minimum absolute atomic E-state index is 0.0665. The van der Waals surface area contributed by atoms with Crippen molar-refractivity contribution in [3.05, 3.63) is 30.7 Å². The summed E-state index contributed by atoms with van der Waals surface area (Å²) in [4.78, 5) is 3.82. The fourth-order valence-corrected chi connectivity index (χ4v) is 2.60. The number of rotatable bonds is 5. The second kappa shape index (κ2) is 5.41. The Hall–Kier alpha value is -2.22. The van der Waals surface area contributed by atoms with Gasteiger partial charge in [-0.2, -0.15) is 8.42 Å². The number of phenolic OH excluding ortho intramolecular Hbond substituents is 1. The standard InChI is InChI=1S/C12H15N3O4S/c1-3-15-7-12(13-8-15)20(17,18)14-10-5-4-9(19-2)6-11(10)16/h4-8,14,16H,3H2,1-2H3. The normalized spacial score (nSPS) is 11.3. The van der Waals surface area contributed by atoms with Crippen molar-refractivity contribution in [3.63, 3.8) is 0 Å². The number of nitrogens with one attached hydrogen (secondary N) is 1. The molecule has 2 aromatic rings. The number of methoxy groups -OCH3 is 1. The number of ether oxygens (including phenoxy) is 1. The molecule has 0 aliphatic carbocycles. The molecule has 7 nitrogen and oxygen atoms in total. The summed E-state index contributed by atoms with van der Waals surface area (Å²) in [5.74, 6) is 0.212. The molecular weight excluding hydrogens is 282 g/mol. The van der Waals surface area contributed by atoms with Crippen molar-refractivity contribution in [2.24, 2.45) is 0 Å². The number of aryl methyl sites for hydroxylation is 1. The van der Waals surface area contributed by atoms with E-state index in [9.17, 15) is 13.5 Å². The molecular formula is C12H15N3O4S. The highest BCUT2D eigenvalue weighted by molar-refractivity contribution is 7.92. The lowest BCUT2D eigenvalue weighted by molar-refractivity contribution is 0.408. The summed E-state index contributed by atoms with van der Waals surface area (Å²) in [6.07, 6.45) is 2.85. The summed E-state index contributed by atoms with van der Waals surface area (Å²) >= 11 is 0. The third kappa shape index (κ3) is 2.85. The molecule has 108 valence electrons. The molecule has 1 aromatic carbocycles. The van der Waals surface area contributed by atoms with Crippen LogP contribution < -0.4 is 9.46 Å². The first-order valence-corrected chi connectivity index (χ1v) is 7.36. The Morgan fingerprint density at radius 3 is 2.75 bits per heavy atom. The van der Waals surface area contributed by atoms with Crippen LogP contribution in [0.5, 0.6) is 11.5 Å². The third-order valence-corrected chi connectivity index (χ3v) is 3.95. The summed E-state index contributed by atoms with van der Waals surface area (Å²) in [5.41, 5.74) is 0.0665. The van der Waals surface area contributed by atoms with E-state index in [0.717, 1.165) is 0 Å². The van der Waals surface area contributed by atoms with Crippen LogP contribution in [0.1, 0.15) is 6.92 Å². The average Bonchev–Trinajstić information content (AvgIpc) is 2.90. The van der Waals surface area contributed by atoms with Gasteiger partial charge in [-0.15, -0.1) is 0 Å². The molecule has 0 radical (unpaired) electrons. The SMILES string of the molecule is CCn1cnc(S(=O)(=O)Nc2ccc(OC)cc2O)c1. The molecule has 0 aliphatic heterocycles. The van der Waals surface area contributed by atoms with E-state index in [0.29, 0.717) is 12.3 Å². The van der Waals surface area contributed by atoms with Crippen LogP contribution in [0.4, 0.5) is 5.69 Å². The van der Waals surface area contributed by atoms with Crippen molar-refractivity contribution >= 4 is 15.7 Å². The smallest absolute Gasteiger partial charge is 0.281 e. The van der Waals surface area contributed by atoms with E-state index in [1.807, 2.05) is 6.92 Å². The van der Waals surface area contributed by atoms with Crippen molar-refractivity contribution in [2.75, 3.05) is 11.8 Å². The maximum Gasteiger partial charge on any atom is 0.281 e. The van der Waals surface area contributed by atoms with Gasteiger partial charge in [-0.05, 0) is 19.1 Å². The second-order valence-electron chi connectivity index (χ2n) is 4.03. The minimum Gasteiger partial charge on any atom is -0.506 e. The summed E-state index contributed by atoms with van der Waals surface area (Å²) in [5, 5.41) is 9.65. The van der Waals surface area contributed by atoms with Crippen molar-refractivity contribution in [2.45, 2.75) is 18.5 Å². The first kappa shape index (κ1) is 14.2. The zero-order valence-corrected chi connectivity index (χ0v) is 11.9. The number of anilines is 1. The van der Waals surface area contributed by atoms with Crippen LogP contribution in [0.15, 0.2) is 35.7 Å². The molecule has 0 aliphatic rings. The monoisotopic (exact) mass is 297 g/mol. The number of benzene rings is 1. The van der Waals surface area contributed by atoms with Crippen molar-refractivity contribution in [1.82, 2.24) is 9.55 Å². The van der Waals surface area contributed by atoms with Crippen LogP contribution in [-0.4, -0.2) is 30.2 Å². The zero-order valence-electron chi connectivity index (χ0n) is 11.1. The fourth-order valence-electron chi connectivity index (χ4n) is 1.57. The van der Waals surface area contributed by atoms with Gasteiger partial charge in [-0.3, -0.25) is 4.72 Å². The summed E-state index contributed by atoms with van der Waals surface area (Å²) in [6, 6.07) is 4.28. The Morgan fingerprint density at radius 1 is 1.45 bits per heavy atom. The Balaban J connectivity index is 2.28. The Bertz CT molecular complexity index is 709. The van der Waals surface area contributed by atoms with Crippen molar-refractivity contribution in [3.8, 4) is 11.5 Å². The molecule has 0 fully saturated rings. The predicted molar refractivity (Wildman–Crippen MR) is 73.4 cm³/mol. The molecule has 1 aromatic heterocycles. The first-order valence-electron chi connectivity index (χ1n) is 5.88. The number of aromatic nitrogens is 2. The van der Waals surface area contributed by atoms with Crippen LogP contribution in [-0.2, 0) is 16.6 Å². The van der Waals surface area contributed by atoms with Gasteiger partial charge in [0.05, 0.1) is 19.1 Å². The maximum atomic E-state index is 12.1. The van der Waals surface area contributed by atoms with Crippen LogP contribution in [0.25, 0.3) is 0 Å². The lowest BCUT2D eigenvalue weighted by atomic mass is 10.3. The highest BCUT2D eigenvalue weighted by atomic mass is 32.2. The van der Waals surface area contributed by atoms with Gasteiger partial charge in [0.15, 0.2) is 5.03 Å². The van der Waals surface area contributed by atoms with Gasteiger partial charge in [0, 0.05) is 18.8 Å². The number of hydrogen-bond donors (Lipinski definition) is 2. The van der Waals surface area contributed by atoms with E-state index in [1.165, 1.54) is 31.8 Å². The van der Waals surface area contributed by atoms with Gasteiger partial charge in [0.1, 0.15) is 11.5 Å². The lowest BCUT2D eigenvalue weighted by Crippen LogP contribution is -2.13. The topological polar surface area (TPSA) is 93.5 Å². The van der Waals surface area contributed by atoms with Gasteiger partial charge in [0.2, 0.25) is 0 Å². The van der Waals surface area contributed by atoms with Gasteiger partial charge in [0.25, 0.3) is 10.0 Å². The third-order valence-electron chi connectivity index (χ3n) is 2.70. The molecule has 0 saturated heterocycles. The highest BCUT2D eigenvalue weighted by Gasteiger charge is 2.19. The number of hydrogen-bond acceptors (Lipinski definition) is 5. The number of imidazole rings is 1. The molecule has 0 unspecified atom stereocenters. The highest BCUT2D eigenvalue weighted by Crippen LogP contribution is 2.29. The Kier molecular flexibility index (Phi) is 3.84. The van der Waals surface area contributed by atoms with Crippen LogP contribution in [0, 0.1) is 0 Å². The van der Waals surface area contributed by atoms with Gasteiger partial charge < -0.3 is 14.4 Å². The van der Waals surface area contributed by atoms with E-state index in [-0.39, 0.29) is 16.5 Å². The molecule has 0 amide bonds. The van der Waals surface area contributed by atoms with Gasteiger partial charge in [-0.1, -0.05) is 0 Å². The molecule has 0 bridgehead atoms. The van der Waals surface area contributed by atoms with E-state index in [2.05, 4.69) is 9.71 Å². The molecule has 0 saturated carbocycles. The van der Waals surface area contributed by atoms with E-state index in [1.54, 1.807) is 10.6 Å². The largest absolute Gasteiger partial charge is 0.506 e. The Morgan fingerprint density at radius 2 is 2.20 bits per heavy atom. The minimum atomic E-state index is -3.83. The first-order chi connectivity index (χ1) is 9.46.